The van der Waals surface area contributed by atoms with Gasteiger partial charge in [0.2, 0.25) is 5.91 Å². The summed E-state index contributed by atoms with van der Waals surface area (Å²) in [5.74, 6) is 2.06. The maximum atomic E-state index is 12.2. The number of ether oxygens (including phenoxy) is 1. The summed E-state index contributed by atoms with van der Waals surface area (Å²) in [7, 11) is 0. The fourth-order valence-electron chi connectivity index (χ4n) is 3.99. The van der Waals surface area contributed by atoms with Crippen molar-refractivity contribution in [2.24, 2.45) is 17.8 Å². The number of H-pyrrole nitrogens is 1. The fraction of sp³-hybridized carbons (Fsp3) is 0.750. The minimum Gasteiger partial charge on any atom is -0.460 e. The SMILES string of the molecule is CCOC(=O)c1n[nH]c(C(C)NC(=O)CC2CC3CCC2C3)n1. The number of aromatic amines is 1. The lowest BCUT2D eigenvalue weighted by Gasteiger charge is -2.21. The van der Waals surface area contributed by atoms with Gasteiger partial charge in [-0.3, -0.25) is 9.89 Å². The van der Waals surface area contributed by atoms with E-state index in [1.807, 2.05) is 6.92 Å². The van der Waals surface area contributed by atoms with Crippen molar-refractivity contribution in [2.45, 2.75) is 52.0 Å². The molecule has 0 saturated heterocycles. The van der Waals surface area contributed by atoms with Gasteiger partial charge in [-0.2, -0.15) is 0 Å². The van der Waals surface area contributed by atoms with Crippen LogP contribution in [-0.2, 0) is 9.53 Å². The van der Waals surface area contributed by atoms with Crippen molar-refractivity contribution in [1.82, 2.24) is 20.5 Å². The molecule has 3 rings (SSSR count). The Labute approximate surface area is 135 Å². The Morgan fingerprint density at radius 2 is 2.22 bits per heavy atom. The van der Waals surface area contributed by atoms with E-state index in [0.717, 1.165) is 11.8 Å². The van der Waals surface area contributed by atoms with Gasteiger partial charge in [0.25, 0.3) is 5.82 Å². The Morgan fingerprint density at radius 3 is 2.87 bits per heavy atom. The smallest absolute Gasteiger partial charge is 0.378 e. The maximum Gasteiger partial charge on any atom is 0.378 e. The summed E-state index contributed by atoms with van der Waals surface area (Å²) in [5, 5.41) is 9.47. The number of carbonyl (C=O) groups is 2. The minimum absolute atomic E-state index is 0.00366. The number of esters is 1. The van der Waals surface area contributed by atoms with Gasteiger partial charge >= 0.3 is 5.97 Å². The molecule has 2 aliphatic rings. The van der Waals surface area contributed by atoms with Gasteiger partial charge in [0.05, 0.1) is 12.6 Å². The summed E-state index contributed by atoms with van der Waals surface area (Å²) >= 11 is 0. The third kappa shape index (κ3) is 3.54. The molecule has 7 nitrogen and oxygen atoms in total. The Balaban J connectivity index is 1.51. The lowest BCUT2D eigenvalue weighted by atomic mass is 9.86. The number of aromatic nitrogens is 3. The van der Waals surface area contributed by atoms with Crippen molar-refractivity contribution in [2.75, 3.05) is 6.61 Å². The summed E-state index contributed by atoms with van der Waals surface area (Å²) in [5.41, 5.74) is 0. The molecule has 2 N–H and O–H groups in total. The van der Waals surface area contributed by atoms with Crippen molar-refractivity contribution >= 4 is 11.9 Å². The number of amides is 1. The van der Waals surface area contributed by atoms with Gasteiger partial charge < -0.3 is 10.1 Å². The zero-order valence-corrected chi connectivity index (χ0v) is 13.7. The van der Waals surface area contributed by atoms with E-state index in [9.17, 15) is 9.59 Å². The second kappa shape index (κ2) is 6.68. The first-order valence-corrected chi connectivity index (χ1v) is 8.45. The first-order chi connectivity index (χ1) is 11.1. The summed E-state index contributed by atoms with van der Waals surface area (Å²) in [6, 6.07) is -0.309. The lowest BCUT2D eigenvalue weighted by Crippen LogP contribution is -2.30. The first kappa shape index (κ1) is 16.0. The van der Waals surface area contributed by atoms with Crippen molar-refractivity contribution in [3.05, 3.63) is 11.6 Å². The number of fused-ring (bicyclic) bond motifs is 2. The van der Waals surface area contributed by atoms with E-state index < -0.39 is 5.97 Å². The molecule has 2 aliphatic carbocycles. The molecule has 2 fully saturated rings. The summed E-state index contributed by atoms with van der Waals surface area (Å²) in [6.07, 6.45) is 5.71. The van der Waals surface area contributed by atoms with E-state index in [1.54, 1.807) is 6.92 Å². The molecule has 126 valence electrons. The summed E-state index contributed by atoms with van der Waals surface area (Å²) in [6.45, 7) is 3.83. The van der Waals surface area contributed by atoms with E-state index in [-0.39, 0.29) is 24.4 Å². The van der Waals surface area contributed by atoms with Crippen molar-refractivity contribution < 1.29 is 14.3 Å². The molecule has 4 atom stereocenters. The van der Waals surface area contributed by atoms with Crippen molar-refractivity contribution in [1.29, 1.82) is 0 Å². The monoisotopic (exact) mass is 320 g/mol. The van der Waals surface area contributed by atoms with Crippen LogP contribution >= 0.6 is 0 Å². The van der Waals surface area contributed by atoms with Crippen LogP contribution in [0.1, 0.15) is 68.4 Å². The Bertz CT molecular complexity index is 586. The van der Waals surface area contributed by atoms with Gasteiger partial charge in [0.15, 0.2) is 0 Å². The molecule has 1 amide bonds. The van der Waals surface area contributed by atoms with Gasteiger partial charge in [-0.05, 0) is 50.9 Å². The number of carbonyl (C=O) groups excluding carboxylic acids is 2. The summed E-state index contributed by atoms with van der Waals surface area (Å²) in [4.78, 5) is 27.9. The van der Waals surface area contributed by atoms with Crippen LogP contribution < -0.4 is 5.32 Å². The molecule has 4 unspecified atom stereocenters. The number of rotatable bonds is 6. The van der Waals surface area contributed by atoms with Crippen LogP contribution in [0.4, 0.5) is 0 Å². The molecule has 2 saturated carbocycles. The van der Waals surface area contributed by atoms with E-state index in [1.165, 1.54) is 25.7 Å². The number of nitrogens with zero attached hydrogens (tertiary/aromatic N) is 2. The normalized spacial score (nSPS) is 27.0. The molecule has 0 spiro atoms. The third-order valence-electron chi connectivity index (χ3n) is 5.08. The average molecular weight is 320 g/mol. The Hall–Kier alpha value is -1.92. The number of hydrogen-bond acceptors (Lipinski definition) is 5. The van der Waals surface area contributed by atoms with E-state index in [4.69, 9.17) is 4.74 Å². The topological polar surface area (TPSA) is 97.0 Å². The van der Waals surface area contributed by atoms with Gasteiger partial charge in [0, 0.05) is 6.42 Å². The van der Waals surface area contributed by atoms with Crippen LogP contribution in [0.25, 0.3) is 0 Å². The van der Waals surface area contributed by atoms with Crippen molar-refractivity contribution in [3.8, 4) is 0 Å². The molecule has 7 heteroatoms. The zero-order valence-electron chi connectivity index (χ0n) is 13.7. The zero-order chi connectivity index (χ0) is 16.4. The molecule has 0 aliphatic heterocycles. The lowest BCUT2D eigenvalue weighted by molar-refractivity contribution is -0.123. The second-order valence-corrected chi connectivity index (χ2v) is 6.69. The highest BCUT2D eigenvalue weighted by atomic mass is 16.5. The minimum atomic E-state index is -0.560. The second-order valence-electron chi connectivity index (χ2n) is 6.69. The molecule has 0 radical (unpaired) electrons. The predicted octanol–water partition coefficient (Wildman–Crippen LogP) is 1.98. The molecule has 1 aromatic heterocycles. The summed E-state index contributed by atoms with van der Waals surface area (Å²) < 4.78 is 4.85. The van der Waals surface area contributed by atoms with Crippen LogP contribution in [0.3, 0.4) is 0 Å². The van der Waals surface area contributed by atoms with E-state index in [2.05, 4.69) is 20.5 Å². The molecule has 2 bridgehead atoms. The van der Waals surface area contributed by atoms with Gasteiger partial charge in [-0.15, -0.1) is 5.10 Å². The van der Waals surface area contributed by atoms with Crippen molar-refractivity contribution in [3.63, 3.8) is 0 Å². The Kier molecular flexibility index (Phi) is 4.63. The van der Waals surface area contributed by atoms with E-state index in [0.29, 0.717) is 18.2 Å². The van der Waals surface area contributed by atoms with Gasteiger partial charge in [-0.25, -0.2) is 9.78 Å². The third-order valence-corrected chi connectivity index (χ3v) is 5.08. The molecular formula is C16H24N4O3. The highest BCUT2D eigenvalue weighted by molar-refractivity contribution is 5.85. The molecule has 23 heavy (non-hydrogen) atoms. The molecule has 1 aromatic rings. The average Bonchev–Trinajstić information content (AvgIpc) is 3.23. The standard InChI is InChI=1S/C16H24N4O3/c1-3-23-16(22)15-18-14(19-20-15)9(2)17-13(21)8-12-7-10-4-5-11(12)6-10/h9-12H,3-8H2,1-2H3,(H,17,21)(H,18,19,20). The molecular weight excluding hydrogens is 296 g/mol. The van der Waals surface area contributed by atoms with Crippen LogP contribution in [0, 0.1) is 17.8 Å². The predicted molar refractivity (Wildman–Crippen MR) is 82.5 cm³/mol. The fourth-order valence-corrected chi connectivity index (χ4v) is 3.99. The van der Waals surface area contributed by atoms with Crippen LogP contribution in [0.15, 0.2) is 0 Å². The number of hydrogen-bond donors (Lipinski definition) is 2. The quantitative estimate of drug-likeness (QED) is 0.781. The highest BCUT2D eigenvalue weighted by Crippen LogP contribution is 2.49. The molecule has 1 heterocycles. The highest BCUT2D eigenvalue weighted by Gasteiger charge is 2.40. The molecule has 0 aromatic carbocycles. The first-order valence-electron chi connectivity index (χ1n) is 8.45. The van der Waals surface area contributed by atoms with Gasteiger partial charge in [-0.1, -0.05) is 6.42 Å². The van der Waals surface area contributed by atoms with Crippen LogP contribution in [0.5, 0.6) is 0 Å². The number of nitrogens with one attached hydrogen (secondary N) is 2. The van der Waals surface area contributed by atoms with Gasteiger partial charge in [0.1, 0.15) is 5.82 Å². The maximum absolute atomic E-state index is 12.2. The Morgan fingerprint density at radius 1 is 1.39 bits per heavy atom. The van der Waals surface area contributed by atoms with Crippen LogP contribution in [0.2, 0.25) is 0 Å². The largest absolute Gasteiger partial charge is 0.460 e. The van der Waals surface area contributed by atoms with Crippen LogP contribution in [-0.4, -0.2) is 33.7 Å². The van der Waals surface area contributed by atoms with E-state index >= 15 is 0 Å².